The number of nitrogens with one attached hydrogen (secondary N) is 1. The van der Waals surface area contributed by atoms with Crippen molar-refractivity contribution in [3.05, 3.63) is 32.3 Å². The van der Waals surface area contributed by atoms with Crippen LogP contribution in [0.25, 0.3) is 22.0 Å². The highest BCUT2D eigenvalue weighted by molar-refractivity contribution is 14.1. The lowest BCUT2D eigenvalue weighted by molar-refractivity contribution is -0.123. The lowest BCUT2D eigenvalue weighted by atomic mass is 10.1. The highest BCUT2D eigenvalue weighted by atomic mass is 127. The van der Waals surface area contributed by atoms with E-state index in [-0.39, 0.29) is 11.4 Å². The van der Waals surface area contributed by atoms with Gasteiger partial charge in [0.05, 0.1) is 26.2 Å². The number of methoxy groups -OCH3 is 1. The lowest BCUT2D eigenvalue weighted by Crippen LogP contribution is -2.34. The van der Waals surface area contributed by atoms with Gasteiger partial charge in [0.15, 0.2) is 11.4 Å². The number of nitrogens with two attached hydrogens (primary N) is 1. The van der Waals surface area contributed by atoms with Gasteiger partial charge in [-0.2, -0.15) is 13.2 Å². The van der Waals surface area contributed by atoms with E-state index < -0.39 is 18.6 Å². The number of pyridine rings is 2. The van der Waals surface area contributed by atoms with Crippen molar-refractivity contribution in [2.45, 2.75) is 6.18 Å². The summed E-state index contributed by atoms with van der Waals surface area (Å²) in [5.41, 5.74) is 7.98. The number of carbonyl (C=O) groups is 1. The number of aromatic nitrogens is 3. The third-order valence-electron chi connectivity index (χ3n) is 4.15. The number of anilines is 1. The number of carbonyl (C=O) groups excluding carboxylic acids is 1. The molecule has 3 aromatic heterocycles. The van der Waals surface area contributed by atoms with Crippen LogP contribution in [0.2, 0.25) is 0 Å². The minimum atomic E-state index is -4.53. The van der Waals surface area contributed by atoms with Crippen LogP contribution < -0.4 is 15.8 Å². The fourth-order valence-corrected chi connectivity index (χ4v) is 4.26. The summed E-state index contributed by atoms with van der Waals surface area (Å²) in [7, 11) is 3.17. The van der Waals surface area contributed by atoms with Gasteiger partial charge in [-0.15, -0.1) is 0 Å². The van der Waals surface area contributed by atoms with Gasteiger partial charge in [-0.25, -0.2) is 9.97 Å². The average molecular weight is 584 g/mol. The van der Waals surface area contributed by atoms with E-state index in [1.54, 1.807) is 11.5 Å². The highest BCUT2D eigenvalue weighted by Gasteiger charge is 2.29. The second kappa shape index (κ2) is 7.97. The van der Waals surface area contributed by atoms with Crippen LogP contribution in [0.4, 0.5) is 19.0 Å². The minimum Gasteiger partial charge on any atom is -0.494 e. The summed E-state index contributed by atoms with van der Waals surface area (Å²) >= 11 is 5.62. The maximum atomic E-state index is 12.4. The van der Waals surface area contributed by atoms with E-state index in [0.29, 0.717) is 16.8 Å². The van der Waals surface area contributed by atoms with Crippen LogP contribution in [-0.4, -0.2) is 40.3 Å². The summed E-state index contributed by atoms with van der Waals surface area (Å²) < 4.78 is 45.8. The molecule has 0 aliphatic rings. The molecule has 3 heterocycles. The summed E-state index contributed by atoms with van der Waals surface area (Å²) in [6.45, 7) is -1.46. The number of amides is 1. The average Bonchev–Trinajstić information content (AvgIpc) is 2.94. The molecule has 0 saturated carbocycles. The molecule has 0 saturated heterocycles. The van der Waals surface area contributed by atoms with E-state index in [1.807, 2.05) is 11.6 Å². The molecule has 0 unspecified atom stereocenters. The quantitative estimate of drug-likeness (QED) is 0.455. The van der Waals surface area contributed by atoms with Crippen LogP contribution in [0.15, 0.2) is 22.9 Å². The van der Waals surface area contributed by atoms with Gasteiger partial charge < -0.3 is 20.4 Å². The molecule has 154 valence electrons. The predicted molar refractivity (Wildman–Crippen MR) is 114 cm³/mol. The van der Waals surface area contributed by atoms with Gasteiger partial charge in [0.2, 0.25) is 0 Å². The van der Waals surface area contributed by atoms with E-state index in [0.717, 1.165) is 19.3 Å². The smallest absolute Gasteiger partial charge is 0.405 e. The Labute approximate surface area is 185 Å². The first kappa shape index (κ1) is 21.6. The molecule has 0 fully saturated rings. The number of nitrogens with zero attached hydrogens (tertiary/aromatic N) is 3. The topological polar surface area (TPSA) is 95.1 Å². The van der Waals surface area contributed by atoms with Crippen molar-refractivity contribution in [3.63, 3.8) is 0 Å². The Morgan fingerprint density at radius 2 is 2.07 bits per heavy atom. The van der Waals surface area contributed by atoms with Gasteiger partial charge in [0.1, 0.15) is 12.4 Å². The van der Waals surface area contributed by atoms with Crippen molar-refractivity contribution in [3.8, 4) is 16.9 Å². The van der Waals surface area contributed by atoms with Gasteiger partial charge in [-0.3, -0.25) is 4.79 Å². The van der Waals surface area contributed by atoms with Crippen LogP contribution >= 0.6 is 38.5 Å². The van der Waals surface area contributed by atoms with E-state index in [2.05, 4.69) is 48.5 Å². The number of fused-ring (bicyclic) bond motifs is 1. The Bertz CT molecular complexity index is 1120. The molecule has 3 N–H and O–H groups in total. The minimum absolute atomic E-state index is 0.0384. The van der Waals surface area contributed by atoms with Gasteiger partial charge >= 0.3 is 6.18 Å². The number of aryl methyl sites for hydroxylation is 1. The molecule has 3 aromatic rings. The van der Waals surface area contributed by atoms with Crippen molar-refractivity contribution in [2.24, 2.45) is 7.05 Å². The molecule has 0 radical (unpaired) electrons. The Kier molecular flexibility index (Phi) is 5.94. The van der Waals surface area contributed by atoms with Gasteiger partial charge in [0.25, 0.3) is 5.91 Å². The maximum absolute atomic E-state index is 12.4. The summed E-state index contributed by atoms with van der Waals surface area (Å²) in [5, 5.41) is 2.47. The van der Waals surface area contributed by atoms with E-state index in [1.165, 1.54) is 19.4 Å². The predicted octanol–water partition coefficient (Wildman–Crippen LogP) is 3.89. The Morgan fingerprint density at radius 1 is 1.38 bits per heavy atom. The fourth-order valence-electron chi connectivity index (χ4n) is 2.87. The Morgan fingerprint density at radius 3 is 2.69 bits per heavy atom. The standard InChI is InChI=1S/C17H14BrF3IN5O2/c1-27-13-8(18)5-25-15(23)11(13)10(14(27)22)7-3-9(29-2)12(24-4-7)16(28)26-6-17(19,20)21/h3-5H,6H2,1-2H3,(H2,23,25)(H,26,28). The molecule has 29 heavy (non-hydrogen) atoms. The Balaban J connectivity index is 2.11. The van der Waals surface area contributed by atoms with Crippen molar-refractivity contribution < 1.29 is 22.7 Å². The normalized spacial score (nSPS) is 11.7. The largest absolute Gasteiger partial charge is 0.494 e. The van der Waals surface area contributed by atoms with Crippen LogP contribution in [0.5, 0.6) is 5.75 Å². The first-order valence-corrected chi connectivity index (χ1v) is 9.89. The molecule has 0 aliphatic heterocycles. The summed E-state index contributed by atoms with van der Waals surface area (Å²) in [6, 6.07) is 1.53. The van der Waals surface area contributed by atoms with Crippen molar-refractivity contribution in [1.82, 2.24) is 19.9 Å². The SMILES string of the molecule is COc1cc(-c2c(I)n(C)c3c(Br)cnc(N)c23)cnc1C(=O)NCC(F)(F)F. The van der Waals surface area contributed by atoms with Crippen molar-refractivity contribution in [1.29, 1.82) is 0 Å². The lowest BCUT2D eigenvalue weighted by Gasteiger charge is -2.12. The number of ether oxygens (including phenoxy) is 1. The zero-order valence-corrected chi connectivity index (χ0v) is 18.8. The first-order chi connectivity index (χ1) is 13.5. The molecule has 12 heteroatoms. The summed E-state index contributed by atoms with van der Waals surface area (Å²) in [5.74, 6) is -0.638. The van der Waals surface area contributed by atoms with E-state index in [9.17, 15) is 18.0 Å². The monoisotopic (exact) mass is 583 g/mol. The van der Waals surface area contributed by atoms with Crippen molar-refractivity contribution >= 4 is 61.1 Å². The maximum Gasteiger partial charge on any atom is 0.405 e. The van der Waals surface area contributed by atoms with Crippen LogP contribution in [0.1, 0.15) is 10.5 Å². The second-order valence-electron chi connectivity index (χ2n) is 6.01. The number of hydrogen-bond acceptors (Lipinski definition) is 5. The summed E-state index contributed by atoms with van der Waals surface area (Å²) in [4.78, 5) is 20.3. The third kappa shape index (κ3) is 4.13. The first-order valence-electron chi connectivity index (χ1n) is 8.02. The number of nitrogen functional groups attached to an aromatic ring is 1. The van der Waals surface area contributed by atoms with Gasteiger partial charge in [0, 0.05) is 30.6 Å². The molecule has 0 spiro atoms. The van der Waals surface area contributed by atoms with Crippen LogP contribution in [0.3, 0.4) is 0 Å². The van der Waals surface area contributed by atoms with E-state index >= 15 is 0 Å². The Hall–Kier alpha value is -2.09. The molecule has 0 atom stereocenters. The summed E-state index contributed by atoms with van der Waals surface area (Å²) in [6.07, 6.45) is -1.54. The van der Waals surface area contributed by atoms with Gasteiger partial charge in [-0.05, 0) is 44.6 Å². The van der Waals surface area contributed by atoms with Crippen LogP contribution in [-0.2, 0) is 7.05 Å². The molecule has 0 bridgehead atoms. The number of rotatable bonds is 4. The molecule has 1 amide bonds. The number of alkyl halides is 3. The molecular weight excluding hydrogens is 570 g/mol. The molecule has 0 aliphatic carbocycles. The number of hydrogen-bond donors (Lipinski definition) is 2. The molecule has 3 rings (SSSR count). The van der Waals surface area contributed by atoms with Crippen LogP contribution in [0, 0.1) is 3.70 Å². The number of halogens is 5. The zero-order valence-electron chi connectivity index (χ0n) is 15.1. The molecule has 0 aromatic carbocycles. The fraction of sp³-hybridized carbons (Fsp3) is 0.235. The zero-order chi connectivity index (χ0) is 21.5. The third-order valence-corrected chi connectivity index (χ3v) is 5.99. The molecule has 7 nitrogen and oxygen atoms in total. The highest BCUT2D eigenvalue weighted by Crippen LogP contribution is 2.41. The second-order valence-corrected chi connectivity index (χ2v) is 7.89. The molecular formula is C17H14BrF3IN5O2. The van der Waals surface area contributed by atoms with E-state index in [4.69, 9.17) is 10.5 Å². The van der Waals surface area contributed by atoms with Gasteiger partial charge in [-0.1, -0.05) is 0 Å². The van der Waals surface area contributed by atoms with Crippen molar-refractivity contribution in [2.75, 3.05) is 19.4 Å².